The summed E-state index contributed by atoms with van der Waals surface area (Å²) in [4.78, 5) is 14.8. The smallest absolute Gasteiger partial charge is 0.320 e. The number of carbonyl (C=O) groups is 1. The first-order valence-electron chi connectivity index (χ1n) is 5.14. The number of carboxylic acid groups (broad SMARTS) is 1. The number of hydrogen-bond acceptors (Lipinski definition) is 4. The summed E-state index contributed by atoms with van der Waals surface area (Å²) in [5, 5.41) is 19.1. The van der Waals surface area contributed by atoms with Gasteiger partial charge < -0.3 is 15.9 Å². The number of nitrogens with zero attached hydrogens (tertiary/aromatic N) is 1. The van der Waals surface area contributed by atoms with Crippen LogP contribution in [0.15, 0.2) is 30.3 Å². The number of aromatic nitrogens is 1. The molecule has 2 rings (SSSR count). The van der Waals surface area contributed by atoms with Crippen molar-refractivity contribution >= 4 is 16.9 Å². The van der Waals surface area contributed by atoms with E-state index in [0.717, 1.165) is 5.39 Å². The maximum atomic E-state index is 10.6. The Kier molecular flexibility index (Phi) is 2.93. The highest BCUT2D eigenvalue weighted by Crippen LogP contribution is 2.22. The van der Waals surface area contributed by atoms with Crippen LogP contribution >= 0.6 is 0 Å². The van der Waals surface area contributed by atoms with Crippen LogP contribution in [0.25, 0.3) is 10.9 Å². The van der Waals surface area contributed by atoms with E-state index in [0.29, 0.717) is 11.2 Å². The van der Waals surface area contributed by atoms with Gasteiger partial charge in [0.05, 0.1) is 0 Å². The molecule has 1 heterocycles. The maximum absolute atomic E-state index is 10.6. The van der Waals surface area contributed by atoms with Crippen molar-refractivity contribution in [2.24, 2.45) is 5.73 Å². The molecular formula is C12H12N2O3. The number of phenolic OH excluding ortho intramolecular Hbond substituents is 1. The Bertz CT molecular complexity index is 569. The van der Waals surface area contributed by atoms with Gasteiger partial charge in [-0.25, -0.2) is 4.98 Å². The van der Waals surface area contributed by atoms with Gasteiger partial charge in [-0.05, 0) is 12.1 Å². The molecule has 0 spiro atoms. The van der Waals surface area contributed by atoms with Crippen molar-refractivity contribution in [3.63, 3.8) is 0 Å². The van der Waals surface area contributed by atoms with E-state index in [1.54, 1.807) is 18.2 Å². The van der Waals surface area contributed by atoms with E-state index in [2.05, 4.69) is 4.98 Å². The molecule has 2 aromatic rings. The van der Waals surface area contributed by atoms with Gasteiger partial charge in [0.15, 0.2) is 0 Å². The summed E-state index contributed by atoms with van der Waals surface area (Å²) in [5.74, 6) is -0.988. The summed E-state index contributed by atoms with van der Waals surface area (Å²) in [5.41, 5.74) is 6.44. The number of hydrogen-bond donors (Lipinski definition) is 3. The molecule has 88 valence electrons. The van der Waals surface area contributed by atoms with Crippen molar-refractivity contribution in [1.82, 2.24) is 4.98 Å². The number of aliphatic carboxylic acids is 1. The van der Waals surface area contributed by atoms with Gasteiger partial charge in [-0.15, -0.1) is 0 Å². The topological polar surface area (TPSA) is 96.4 Å². The lowest BCUT2D eigenvalue weighted by atomic mass is 10.1. The molecule has 0 radical (unpaired) electrons. The Morgan fingerprint density at radius 3 is 2.82 bits per heavy atom. The average molecular weight is 232 g/mol. The third-order valence-corrected chi connectivity index (χ3v) is 2.50. The number of fused-ring (bicyclic) bond motifs is 1. The first-order valence-corrected chi connectivity index (χ1v) is 5.14. The van der Waals surface area contributed by atoms with Gasteiger partial charge in [-0.3, -0.25) is 4.79 Å². The van der Waals surface area contributed by atoms with E-state index in [1.807, 2.05) is 6.07 Å². The van der Waals surface area contributed by atoms with E-state index >= 15 is 0 Å². The fourth-order valence-electron chi connectivity index (χ4n) is 1.60. The predicted octanol–water partition coefficient (Wildman–Crippen LogP) is 0.895. The summed E-state index contributed by atoms with van der Waals surface area (Å²) >= 11 is 0. The highest BCUT2D eigenvalue weighted by molar-refractivity contribution is 5.84. The van der Waals surface area contributed by atoms with E-state index in [1.165, 1.54) is 6.07 Å². The molecule has 0 amide bonds. The number of para-hydroxylation sites is 1. The van der Waals surface area contributed by atoms with Gasteiger partial charge in [0.1, 0.15) is 17.3 Å². The Hall–Kier alpha value is -2.14. The summed E-state index contributed by atoms with van der Waals surface area (Å²) in [6.45, 7) is 0. The van der Waals surface area contributed by atoms with Crippen molar-refractivity contribution in [3.8, 4) is 5.75 Å². The molecule has 1 aromatic carbocycles. The third-order valence-electron chi connectivity index (χ3n) is 2.50. The number of benzene rings is 1. The van der Waals surface area contributed by atoms with Crippen molar-refractivity contribution in [1.29, 1.82) is 0 Å². The SMILES string of the molecule is NC(Cc1ccc2cccc(O)c2n1)C(=O)O. The van der Waals surface area contributed by atoms with E-state index in [9.17, 15) is 9.90 Å². The van der Waals surface area contributed by atoms with Gasteiger partial charge >= 0.3 is 5.97 Å². The zero-order chi connectivity index (χ0) is 12.4. The molecule has 0 aliphatic heterocycles. The van der Waals surface area contributed by atoms with Crippen LogP contribution < -0.4 is 5.73 Å². The van der Waals surface area contributed by atoms with Crippen LogP contribution in [-0.2, 0) is 11.2 Å². The van der Waals surface area contributed by atoms with Crippen LogP contribution in [0.5, 0.6) is 5.75 Å². The van der Waals surface area contributed by atoms with Crippen LogP contribution in [0.3, 0.4) is 0 Å². The molecule has 0 fully saturated rings. The van der Waals surface area contributed by atoms with E-state index in [-0.39, 0.29) is 12.2 Å². The van der Waals surface area contributed by atoms with Gasteiger partial charge in [0.2, 0.25) is 0 Å². The van der Waals surface area contributed by atoms with Crippen molar-refractivity contribution in [3.05, 3.63) is 36.0 Å². The number of rotatable bonds is 3. The third kappa shape index (κ3) is 2.34. The summed E-state index contributed by atoms with van der Waals surface area (Å²) in [7, 11) is 0. The summed E-state index contributed by atoms with van der Waals surface area (Å²) < 4.78 is 0. The summed E-state index contributed by atoms with van der Waals surface area (Å²) in [6.07, 6.45) is 0.138. The van der Waals surface area contributed by atoms with Crippen LogP contribution in [0.4, 0.5) is 0 Å². The van der Waals surface area contributed by atoms with Gasteiger partial charge in [-0.1, -0.05) is 18.2 Å². The standard InChI is InChI=1S/C12H12N2O3/c13-9(12(16)17)6-8-5-4-7-2-1-3-10(15)11(7)14-8/h1-5,9,15H,6,13H2,(H,16,17). The molecule has 1 aromatic heterocycles. The molecule has 0 saturated carbocycles. The van der Waals surface area contributed by atoms with Crippen molar-refractivity contribution in [2.75, 3.05) is 0 Å². The number of phenols is 1. The molecule has 1 unspecified atom stereocenters. The number of aromatic hydroxyl groups is 1. The quantitative estimate of drug-likeness (QED) is 0.730. The fourth-order valence-corrected chi connectivity index (χ4v) is 1.60. The maximum Gasteiger partial charge on any atom is 0.320 e. The minimum Gasteiger partial charge on any atom is -0.506 e. The Morgan fingerprint density at radius 1 is 1.35 bits per heavy atom. The minimum atomic E-state index is -1.07. The number of nitrogens with two attached hydrogens (primary N) is 1. The van der Waals surface area contributed by atoms with E-state index < -0.39 is 12.0 Å². The molecule has 0 bridgehead atoms. The van der Waals surface area contributed by atoms with Crippen molar-refractivity contribution in [2.45, 2.75) is 12.5 Å². The lowest BCUT2D eigenvalue weighted by molar-refractivity contribution is -0.138. The van der Waals surface area contributed by atoms with Crippen LogP contribution in [0.1, 0.15) is 5.69 Å². The van der Waals surface area contributed by atoms with Gasteiger partial charge in [0, 0.05) is 17.5 Å². The number of pyridine rings is 1. The molecule has 1 atom stereocenters. The lowest BCUT2D eigenvalue weighted by Gasteiger charge is -2.07. The average Bonchev–Trinajstić information content (AvgIpc) is 2.30. The van der Waals surface area contributed by atoms with Crippen molar-refractivity contribution < 1.29 is 15.0 Å². The van der Waals surface area contributed by atoms with Crippen LogP contribution in [0, 0.1) is 0 Å². The predicted molar refractivity (Wildman–Crippen MR) is 62.7 cm³/mol. The Morgan fingerprint density at radius 2 is 2.12 bits per heavy atom. The Balaban J connectivity index is 2.37. The zero-order valence-electron chi connectivity index (χ0n) is 9.00. The monoisotopic (exact) mass is 232 g/mol. The Labute approximate surface area is 97.5 Å². The molecular weight excluding hydrogens is 220 g/mol. The molecule has 4 N–H and O–H groups in total. The second-order valence-corrected chi connectivity index (χ2v) is 3.80. The highest BCUT2D eigenvalue weighted by atomic mass is 16.4. The van der Waals surface area contributed by atoms with Crippen LogP contribution in [-0.4, -0.2) is 27.2 Å². The lowest BCUT2D eigenvalue weighted by Crippen LogP contribution is -2.32. The molecule has 5 nitrogen and oxygen atoms in total. The first kappa shape index (κ1) is 11.3. The van der Waals surface area contributed by atoms with E-state index in [4.69, 9.17) is 10.8 Å². The first-order chi connectivity index (χ1) is 8.08. The van der Waals surface area contributed by atoms with Crippen LogP contribution in [0.2, 0.25) is 0 Å². The highest BCUT2D eigenvalue weighted by Gasteiger charge is 2.13. The zero-order valence-corrected chi connectivity index (χ0v) is 9.00. The molecule has 0 aliphatic carbocycles. The molecule has 17 heavy (non-hydrogen) atoms. The van der Waals surface area contributed by atoms with Gasteiger partial charge in [-0.2, -0.15) is 0 Å². The second-order valence-electron chi connectivity index (χ2n) is 3.80. The fraction of sp³-hybridized carbons (Fsp3) is 0.167. The number of carboxylic acids is 1. The molecule has 0 aliphatic rings. The van der Waals surface area contributed by atoms with Gasteiger partial charge in [0.25, 0.3) is 0 Å². The normalized spacial score (nSPS) is 12.5. The largest absolute Gasteiger partial charge is 0.506 e. The second kappa shape index (κ2) is 4.39. The molecule has 5 heteroatoms. The molecule has 0 saturated heterocycles. The summed E-state index contributed by atoms with van der Waals surface area (Å²) in [6, 6.07) is 7.60. The minimum absolute atomic E-state index is 0.0771.